The van der Waals surface area contributed by atoms with E-state index in [9.17, 15) is 4.79 Å². The zero-order chi connectivity index (χ0) is 23.8. The van der Waals surface area contributed by atoms with Gasteiger partial charge in [-0.2, -0.15) is 4.98 Å². The number of likely N-dealkylation sites (tertiary alicyclic amines) is 1. The average Bonchev–Trinajstić information content (AvgIpc) is 3.43. The van der Waals surface area contributed by atoms with E-state index in [1.165, 1.54) is 29.5 Å². The highest BCUT2D eigenvalue weighted by atomic mass is 16.4. The van der Waals surface area contributed by atoms with Gasteiger partial charge < -0.3 is 15.1 Å². The molecule has 3 heterocycles. The molecule has 0 saturated carbocycles. The van der Waals surface area contributed by atoms with E-state index in [1.54, 1.807) is 6.20 Å². The summed E-state index contributed by atoms with van der Waals surface area (Å²) in [5.74, 6) is 0.782. The van der Waals surface area contributed by atoms with Crippen molar-refractivity contribution in [2.75, 3.05) is 23.7 Å². The van der Waals surface area contributed by atoms with Crippen LogP contribution in [0.3, 0.4) is 0 Å². The first-order valence-corrected chi connectivity index (χ1v) is 11.7. The summed E-state index contributed by atoms with van der Waals surface area (Å²) < 4.78 is 5.45. The monoisotopic (exact) mass is 458 g/mol. The molecule has 0 atom stereocenters. The van der Waals surface area contributed by atoms with Gasteiger partial charge in [-0.05, 0) is 94.6 Å². The molecule has 176 valence electrons. The molecule has 0 unspecified atom stereocenters. The van der Waals surface area contributed by atoms with Gasteiger partial charge in [0.1, 0.15) is 5.82 Å². The Hall–Kier alpha value is -3.65. The molecular formula is C26H30N6O2. The molecular weight excluding hydrogens is 428 g/mol. The number of rotatable bonds is 6. The Morgan fingerprint density at radius 2 is 1.68 bits per heavy atom. The number of nitrogens with one attached hydrogen (secondary N) is 3. The summed E-state index contributed by atoms with van der Waals surface area (Å²) in [5.41, 5.74) is 8.74. The first kappa shape index (κ1) is 22.2. The lowest BCUT2D eigenvalue weighted by Crippen LogP contribution is -2.18. The van der Waals surface area contributed by atoms with Crippen LogP contribution in [-0.2, 0) is 6.54 Å². The number of hydrogen-bond donors (Lipinski definition) is 3. The highest BCUT2D eigenvalue weighted by Gasteiger charge is 2.17. The van der Waals surface area contributed by atoms with Crippen molar-refractivity contribution in [3.8, 4) is 0 Å². The largest absolute Gasteiger partial charge is 0.417 e. The summed E-state index contributed by atoms with van der Waals surface area (Å²) in [7, 11) is 0. The zero-order valence-corrected chi connectivity index (χ0v) is 20.1. The van der Waals surface area contributed by atoms with Gasteiger partial charge in [0.15, 0.2) is 5.58 Å². The third kappa shape index (κ3) is 4.54. The summed E-state index contributed by atoms with van der Waals surface area (Å²) >= 11 is 0. The molecule has 2 aromatic carbocycles. The molecule has 8 heteroatoms. The topological polar surface area (TPSA) is 99.1 Å². The van der Waals surface area contributed by atoms with Crippen LogP contribution < -0.4 is 16.4 Å². The molecule has 5 rings (SSSR count). The second kappa shape index (κ2) is 8.95. The van der Waals surface area contributed by atoms with Crippen LogP contribution in [0.1, 0.15) is 40.7 Å². The van der Waals surface area contributed by atoms with Gasteiger partial charge in [0.2, 0.25) is 5.95 Å². The summed E-state index contributed by atoms with van der Waals surface area (Å²) in [5, 5.41) is 6.75. The fourth-order valence-corrected chi connectivity index (χ4v) is 4.50. The Balaban J connectivity index is 1.44. The number of oxazole rings is 1. The number of hydrogen-bond acceptors (Lipinski definition) is 7. The van der Waals surface area contributed by atoms with E-state index in [0.717, 1.165) is 42.1 Å². The maximum atomic E-state index is 11.9. The third-order valence-corrected chi connectivity index (χ3v) is 6.61. The minimum Gasteiger partial charge on any atom is -0.408 e. The van der Waals surface area contributed by atoms with Crippen molar-refractivity contribution in [2.24, 2.45) is 0 Å². The van der Waals surface area contributed by atoms with Crippen LogP contribution in [0.15, 0.2) is 39.7 Å². The van der Waals surface area contributed by atoms with Crippen molar-refractivity contribution in [2.45, 2.75) is 47.1 Å². The van der Waals surface area contributed by atoms with Crippen LogP contribution in [0.25, 0.3) is 11.1 Å². The molecule has 4 aromatic rings. The van der Waals surface area contributed by atoms with Crippen molar-refractivity contribution < 1.29 is 4.42 Å². The second-order valence-electron chi connectivity index (χ2n) is 9.22. The summed E-state index contributed by atoms with van der Waals surface area (Å²) in [6.07, 6.45) is 4.21. The highest BCUT2D eigenvalue weighted by Crippen LogP contribution is 2.28. The van der Waals surface area contributed by atoms with Crippen molar-refractivity contribution in [3.05, 3.63) is 68.8 Å². The molecule has 1 aliphatic rings. The minimum absolute atomic E-state index is 0.441. The third-order valence-electron chi connectivity index (χ3n) is 6.61. The lowest BCUT2D eigenvalue weighted by atomic mass is 10.0. The first-order valence-electron chi connectivity index (χ1n) is 11.7. The number of fused-ring (bicyclic) bond motifs is 1. The number of H-pyrrole nitrogens is 1. The van der Waals surface area contributed by atoms with Crippen molar-refractivity contribution in [1.82, 2.24) is 19.9 Å². The van der Waals surface area contributed by atoms with Crippen LogP contribution in [0.2, 0.25) is 0 Å². The van der Waals surface area contributed by atoms with E-state index >= 15 is 0 Å². The molecule has 3 N–H and O–H groups in total. The predicted molar refractivity (Wildman–Crippen MR) is 135 cm³/mol. The SMILES string of the molecule is Cc1cnc(Nc2cc(C)c(C)c(C)c2)nc1Nc1cc(CN2CCCC2)c2oc(=O)[nH]c2c1. The molecule has 0 radical (unpaired) electrons. The fourth-order valence-electron chi connectivity index (χ4n) is 4.50. The molecule has 0 aliphatic carbocycles. The smallest absolute Gasteiger partial charge is 0.408 e. The number of benzene rings is 2. The van der Waals surface area contributed by atoms with E-state index in [1.807, 2.05) is 19.1 Å². The molecule has 2 aromatic heterocycles. The Labute approximate surface area is 198 Å². The molecule has 1 aliphatic heterocycles. The van der Waals surface area contributed by atoms with Gasteiger partial charge in [-0.1, -0.05) is 0 Å². The van der Waals surface area contributed by atoms with Crippen LogP contribution >= 0.6 is 0 Å². The van der Waals surface area contributed by atoms with Crippen molar-refractivity contribution in [3.63, 3.8) is 0 Å². The Bertz CT molecular complexity index is 1390. The van der Waals surface area contributed by atoms with E-state index in [0.29, 0.717) is 22.9 Å². The number of anilines is 4. The minimum atomic E-state index is -0.441. The molecule has 8 nitrogen and oxygen atoms in total. The van der Waals surface area contributed by atoms with E-state index in [-0.39, 0.29) is 0 Å². The van der Waals surface area contributed by atoms with E-state index < -0.39 is 5.76 Å². The van der Waals surface area contributed by atoms with Crippen LogP contribution in [0.4, 0.5) is 23.1 Å². The van der Waals surface area contributed by atoms with E-state index in [2.05, 4.69) is 58.4 Å². The van der Waals surface area contributed by atoms with Gasteiger partial charge >= 0.3 is 5.76 Å². The summed E-state index contributed by atoms with van der Waals surface area (Å²) in [6, 6.07) is 8.13. The van der Waals surface area contributed by atoms with Gasteiger partial charge in [0.25, 0.3) is 0 Å². The Morgan fingerprint density at radius 3 is 2.41 bits per heavy atom. The number of nitrogens with zero attached hydrogens (tertiary/aromatic N) is 3. The van der Waals surface area contributed by atoms with Crippen LogP contribution in [0.5, 0.6) is 0 Å². The zero-order valence-electron chi connectivity index (χ0n) is 20.1. The van der Waals surface area contributed by atoms with Crippen molar-refractivity contribution >= 4 is 34.2 Å². The van der Waals surface area contributed by atoms with E-state index in [4.69, 9.17) is 9.40 Å². The Morgan fingerprint density at radius 1 is 0.971 bits per heavy atom. The normalized spacial score (nSPS) is 14.1. The van der Waals surface area contributed by atoms with Crippen LogP contribution in [-0.4, -0.2) is 32.9 Å². The summed E-state index contributed by atoms with van der Waals surface area (Å²) in [6.45, 7) is 11.2. The number of aryl methyl sites for hydroxylation is 3. The Kier molecular flexibility index (Phi) is 5.83. The summed E-state index contributed by atoms with van der Waals surface area (Å²) in [4.78, 5) is 26.3. The second-order valence-corrected chi connectivity index (χ2v) is 9.22. The quantitative estimate of drug-likeness (QED) is 0.364. The molecule has 0 bridgehead atoms. The molecule has 34 heavy (non-hydrogen) atoms. The average molecular weight is 459 g/mol. The van der Waals surface area contributed by atoms with Gasteiger partial charge in [0, 0.05) is 35.2 Å². The van der Waals surface area contributed by atoms with Gasteiger partial charge in [0.05, 0.1) is 5.52 Å². The molecule has 1 fully saturated rings. The lowest BCUT2D eigenvalue weighted by molar-refractivity contribution is 0.331. The molecule has 1 saturated heterocycles. The molecule has 0 amide bonds. The number of aromatic nitrogens is 3. The number of aromatic amines is 1. The standard InChI is InChI=1S/C26H30N6O2/c1-15-9-20(10-16(2)18(15)4)29-25-27-13-17(3)24(31-25)28-21-11-19(14-32-7-5-6-8-32)23-22(12-21)30-26(33)34-23/h9-13H,5-8,14H2,1-4H3,(H,30,33)(H2,27,28,29,31). The van der Waals surface area contributed by atoms with Gasteiger partial charge in [-0.3, -0.25) is 9.88 Å². The maximum absolute atomic E-state index is 11.9. The fraction of sp³-hybridized carbons (Fsp3) is 0.346. The van der Waals surface area contributed by atoms with Gasteiger partial charge in [-0.25, -0.2) is 9.78 Å². The van der Waals surface area contributed by atoms with Gasteiger partial charge in [-0.15, -0.1) is 0 Å². The highest BCUT2D eigenvalue weighted by molar-refractivity contribution is 5.82. The van der Waals surface area contributed by atoms with Crippen molar-refractivity contribution in [1.29, 1.82) is 0 Å². The maximum Gasteiger partial charge on any atom is 0.417 e. The predicted octanol–water partition coefficient (Wildman–Crippen LogP) is 5.23. The molecule has 0 spiro atoms. The lowest BCUT2D eigenvalue weighted by Gasteiger charge is -2.16. The van der Waals surface area contributed by atoms with Crippen LogP contribution in [0, 0.1) is 27.7 Å². The first-order chi connectivity index (χ1) is 16.4.